The molecule has 2 aliphatic rings. The molecular weight excluding hydrogens is 402 g/mol. The largest absolute Gasteiger partial charge is 0.322 e. The lowest BCUT2D eigenvalue weighted by atomic mass is 9.95. The molecule has 3 heterocycles. The van der Waals surface area contributed by atoms with Gasteiger partial charge in [-0.15, -0.1) is 5.10 Å². The van der Waals surface area contributed by atoms with Gasteiger partial charge in [0.15, 0.2) is 5.82 Å². The van der Waals surface area contributed by atoms with Crippen LogP contribution in [-0.4, -0.2) is 67.7 Å². The highest BCUT2D eigenvalue weighted by molar-refractivity contribution is 5.79. The van der Waals surface area contributed by atoms with E-state index in [1.165, 1.54) is 24.8 Å². The Morgan fingerprint density at radius 2 is 1.88 bits per heavy atom. The summed E-state index contributed by atoms with van der Waals surface area (Å²) in [5, 5.41) is 14.1. The number of tetrazole rings is 1. The molecule has 2 aromatic heterocycles. The van der Waals surface area contributed by atoms with E-state index in [1.54, 1.807) is 0 Å². The second kappa shape index (κ2) is 9.11. The first-order valence-corrected chi connectivity index (χ1v) is 12.0. The van der Waals surface area contributed by atoms with Gasteiger partial charge in [-0.05, 0) is 60.3 Å². The number of likely N-dealkylation sites (N-methyl/N-ethyl adjacent to an activating group) is 1. The van der Waals surface area contributed by atoms with Gasteiger partial charge in [0.1, 0.15) is 6.04 Å². The summed E-state index contributed by atoms with van der Waals surface area (Å²) in [7, 11) is 0. The summed E-state index contributed by atoms with van der Waals surface area (Å²) in [6, 6.07) is 8.26. The maximum absolute atomic E-state index is 13.3. The fraction of sp³-hybridized carbons (Fsp3) is 0.583. The minimum atomic E-state index is -0.250. The van der Waals surface area contributed by atoms with Crippen molar-refractivity contribution in [3.8, 4) is 0 Å². The van der Waals surface area contributed by atoms with E-state index in [0.29, 0.717) is 6.04 Å². The quantitative estimate of drug-likeness (QED) is 0.663. The zero-order valence-electron chi connectivity index (χ0n) is 19.1. The average Bonchev–Trinajstić information content (AvgIpc) is 3.30. The van der Waals surface area contributed by atoms with Crippen LogP contribution in [0.5, 0.6) is 0 Å². The standard InChI is InChI=1S/C24H33N7O/c1-3-29-11-13-30(14-12-29)22(23-26-27-28-31(23)19-7-5-4-6-8-19)20-16-18-15-17(2)9-10-21(18)25-24(20)32/h9-10,15-16,19,22H,3-8,11-14H2,1-2H3,(H,25,32)/t22-/m0/s1. The van der Waals surface area contributed by atoms with Crippen molar-refractivity contribution in [3.63, 3.8) is 0 Å². The molecule has 1 atom stereocenters. The highest BCUT2D eigenvalue weighted by Crippen LogP contribution is 2.33. The van der Waals surface area contributed by atoms with Crippen LogP contribution in [0.25, 0.3) is 10.9 Å². The van der Waals surface area contributed by atoms with Gasteiger partial charge in [0.2, 0.25) is 0 Å². The molecule has 5 rings (SSSR count). The smallest absolute Gasteiger partial charge is 0.253 e. The van der Waals surface area contributed by atoms with Crippen molar-refractivity contribution in [1.82, 2.24) is 35.0 Å². The number of piperazine rings is 1. The number of fused-ring (bicyclic) bond motifs is 1. The first-order valence-electron chi connectivity index (χ1n) is 12.0. The Morgan fingerprint density at radius 3 is 2.62 bits per heavy atom. The summed E-state index contributed by atoms with van der Waals surface area (Å²) in [6.07, 6.45) is 5.89. The molecule has 2 fully saturated rings. The van der Waals surface area contributed by atoms with Gasteiger partial charge in [0.05, 0.1) is 6.04 Å². The van der Waals surface area contributed by atoms with Crippen LogP contribution in [0.3, 0.4) is 0 Å². The van der Waals surface area contributed by atoms with Gasteiger partial charge in [-0.3, -0.25) is 9.69 Å². The number of hydrogen-bond acceptors (Lipinski definition) is 6. The number of aromatic amines is 1. The second-order valence-corrected chi connectivity index (χ2v) is 9.29. The Kier molecular flexibility index (Phi) is 6.06. The first kappa shape index (κ1) is 21.3. The Hall–Kier alpha value is -2.58. The molecule has 0 spiro atoms. The molecule has 1 aliphatic heterocycles. The number of nitrogens with zero attached hydrogens (tertiary/aromatic N) is 6. The van der Waals surface area contributed by atoms with Crippen molar-refractivity contribution in [3.05, 3.63) is 51.6 Å². The lowest BCUT2D eigenvalue weighted by Gasteiger charge is -2.38. The Balaban J connectivity index is 1.60. The summed E-state index contributed by atoms with van der Waals surface area (Å²) in [5.41, 5.74) is 2.73. The summed E-state index contributed by atoms with van der Waals surface area (Å²) < 4.78 is 2.02. The van der Waals surface area contributed by atoms with E-state index < -0.39 is 0 Å². The van der Waals surface area contributed by atoms with Gasteiger partial charge in [0, 0.05) is 37.3 Å². The van der Waals surface area contributed by atoms with Crippen molar-refractivity contribution in [2.24, 2.45) is 0 Å². The molecule has 3 aromatic rings. The lowest BCUT2D eigenvalue weighted by Crippen LogP contribution is -2.49. The van der Waals surface area contributed by atoms with Crippen molar-refractivity contribution >= 4 is 10.9 Å². The highest BCUT2D eigenvalue weighted by Gasteiger charge is 2.34. The third kappa shape index (κ3) is 4.09. The zero-order valence-corrected chi connectivity index (χ0v) is 19.1. The van der Waals surface area contributed by atoms with E-state index in [-0.39, 0.29) is 11.6 Å². The van der Waals surface area contributed by atoms with Crippen LogP contribution in [0.15, 0.2) is 29.1 Å². The van der Waals surface area contributed by atoms with Crippen LogP contribution in [-0.2, 0) is 0 Å². The molecule has 1 aromatic carbocycles. The molecule has 1 N–H and O–H groups in total. The first-order chi connectivity index (χ1) is 15.6. The maximum Gasteiger partial charge on any atom is 0.253 e. The number of rotatable bonds is 5. The fourth-order valence-electron chi connectivity index (χ4n) is 5.35. The molecule has 1 aliphatic carbocycles. The Morgan fingerprint density at radius 1 is 1.09 bits per heavy atom. The molecule has 8 heteroatoms. The Bertz CT molecular complexity index is 1120. The number of aryl methyl sites for hydroxylation is 1. The predicted molar refractivity (Wildman–Crippen MR) is 125 cm³/mol. The SMILES string of the molecule is CCN1CCN([C@@H](c2cc3cc(C)ccc3[nH]c2=O)c2nnnn2C2CCCCC2)CC1. The van der Waals surface area contributed by atoms with E-state index in [1.807, 2.05) is 16.8 Å². The van der Waals surface area contributed by atoms with E-state index in [4.69, 9.17) is 0 Å². The summed E-state index contributed by atoms with van der Waals surface area (Å²) in [5.74, 6) is 0.805. The zero-order chi connectivity index (χ0) is 22.1. The number of nitrogens with one attached hydrogen (secondary N) is 1. The maximum atomic E-state index is 13.3. The van der Waals surface area contributed by atoms with Gasteiger partial charge in [-0.2, -0.15) is 0 Å². The fourth-order valence-corrected chi connectivity index (χ4v) is 5.35. The molecule has 0 bridgehead atoms. The summed E-state index contributed by atoms with van der Waals surface area (Å²) in [4.78, 5) is 21.3. The molecule has 0 amide bonds. The van der Waals surface area contributed by atoms with Crippen LogP contribution < -0.4 is 5.56 Å². The summed E-state index contributed by atoms with van der Waals surface area (Å²) >= 11 is 0. The van der Waals surface area contributed by atoms with Gasteiger partial charge < -0.3 is 9.88 Å². The number of aromatic nitrogens is 5. The molecule has 170 valence electrons. The van der Waals surface area contributed by atoms with Gasteiger partial charge in [0.25, 0.3) is 5.56 Å². The van der Waals surface area contributed by atoms with E-state index in [9.17, 15) is 4.79 Å². The van der Waals surface area contributed by atoms with Gasteiger partial charge in [-0.25, -0.2) is 4.68 Å². The van der Waals surface area contributed by atoms with Gasteiger partial charge in [-0.1, -0.05) is 37.8 Å². The molecule has 1 saturated heterocycles. The van der Waals surface area contributed by atoms with E-state index in [2.05, 4.69) is 56.3 Å². The van der Waals surface area contributed by atoms with Crippen LogP contribution in [0.1, 0.15) is 68.1 Å². The Labute approximate surface area is 188 Å². The second-order valence-electron chi connectivity index (χ2n) is 9.29. The molecule has 32 heavy (non-hydrogen) atoms. The van der Waals surface area contributed by atoms with Crippen LogP contribution in [0.4, 0.5) is 0 Å². The van der Waals surface area contributed by atoms with E-state index >= 15 is 0 Å². The number of H-pyrrole nitrogens is 1. The van der Waals surface area contributed by atoms with Crippen LogP contribution in [0.2, 0.25) is 0 Å². The number of hydrogen-bond donors (Lipinski definition) is 1. The number of pyridine rings is 1. The van der Waals surface area contributed by atoms with Crippen molar-refractivity contribution in [2.45, 2.75) is 58.0 Å². The highest BCUT2D eigenvalue weighted by atomic mass is 16.1. The third-order valence-electron chi connectivity index (χ3n) is 7.23. The third-order valence-corrected chi connectivity index (χ3v) is 7.23. The van der Waals surface area contributed by atoms with Crippen molar-refractivity contribution in [1.29, 1.82) is 0 Å². The number of benzene rings is 1. The summed E-state index contributed by atoms with van der Waals surface area (Å²) in [6.45, 7) is 9.09. The monoisotopic (exact) mass is 435 g/mol. The van der Waals surface area contributed by atoms with Crippen molar-refractivity contribution < 1.29 is 0 Å². The molecule has 1 saturated carbocycles. The van der Waals surface area contributed by atoms with E-state index in [0.717, 1.165) is 67.9 Å². The van der Waals surface area contributed by atoms with Crippen molar-refractivity contribution in [2.75, 3.05) is 32.7 Å². The molecule has 8 nitrogen and oxygen atoms in total. The molecule has 0 radical (unpaired) electrons. The lowest BCUT2D eigenvalue weighted by molar-refractivity contribution is 0.106. The minimum Gasteiger partial charge on any atom is -0.322 e. The predicted octanol–water partition coefficient (Wildman–Crippen LogP) is 3.06. The molecule has 0 unspecified atom stereocenters. The van der Waals surface area contributed by atoms with Gasteiger partial charge >= 0.3 is 0 Å². The minimum absolute atomic E-state index is 0.0533. The topological polar surface area (TPSA) is 82.9 Å². The average molecular weight is 436 g/mol. The normalized spacial score (nSPS) is 20.1. The van der Waals surface area contributed by atoms with Crippen LogP contribution in [0, 0.1) is 6.92 Å². The molecular formula is C24H33N7O. The van der Waals surface area contributed by atoms with Crippen LogP contribution >= 0.6 is 0 Å².